The Labute approximate surface area is 158 Å². The molecule has 2 heterocycles. The van der Waals surface area contributed by atoms with Crippen molar-refractivity contribution in [1.82, 2.24) is 20.0 Å². The van der Waals surface area contributed by atoms with Crippen LogP contribution in [0.3, 0.4) is 0 Å². The van der Waals surface area contributed by atoms with E-state index in [1.165, 1.54) is 11.8 Å². The van der Waals surface area contributed by atoms with Crippen LogP contribution in [0.2, 0.25) is 0 Å². The molecule has 0 atom stereocenters. The van der Waals surface area contributed by atoms with Crippen molar-refractivity contribution in [2.45, 2.75) is 33.6 Å². The maximum atomic E-state index is 12.7. The molecule has 27 heavy (non-hydrogen) atoms. The van der Waals surface area contributed by atoms with E-state index in [9.17, 15) is 4.79 Å². The molecule has 3 rings (SSSR count). The second kappa shape index (κ2) is 7.99. The SMILES string of the molecule is CCOc1ccc(-n2ncc(C(=O)Nc3cccc(C(C)C)c3)c2C)nn1. The highest BCUT2D eigenvalue weighted by molar-refractivity contribution is 6.05. The van der Waals surface area contributed by atoms with Crippen LogP contribution in [0.4, 0.5) is 5.69 Å². The third kappa shape index (κ3) is 4.13. The minimum Gasteiger partial charge on any atom is -0.477 e. The van der Waals surface area contributed by atoms with Crippen molar-refractivity contribution in [3.05, 3.63) is 59.4 Å². The van der Waals surface area contributed by atoms with Gasteiger partial charge in [0.1, 0.15) is 0 Å². The molecular weight excluding hydrogens is 342 g/mol. The zero-order chi connectivity index (χ0) is 19.4. The van der Waals surface area contributed by atoms with Crippen LogP contribution in [0, 0.1) is 6.92 Å². The number of carbonyl (C=O) groups excluding carboxylic acids is 1. The number of nitrogens with zero attached hydrogens (tertiary/aromatic N) is 4. The van der Waals surface area contributed by atoms with Crippen molar-refractivity contribution in [3.63, 3.8) is 0 Å². The Morgan fingerprint density at radius 1 is 1.22 bits per heavy atom. The maximum Gasteiger partial charge on any atom is 0.259 e. The van der Waals surface area contributed by atoms with E-state index in [4.69, 9.17) is 4.74 Å². The van der Waals surface area contributed by atoms with Crippen molar-refractivity contribution in [2.24, 2.45) is 0 Å². The fourth-order valence-electron chi connectivity index (χ4n) is 2.69. The van der Waals surface area contributed by atoms with E-state index in [1.54, 1.807) is 16.8 Å². The third-order valence-electron chi connectivity index (χ3n) is 4.20. The van der Waals surface area contributed by atoms with Gasteiger partial charge in [0.25, 0.3) is 5.91 Å². The second-order valence-electron chi connectivity index (χ2n) is 6.45. The summed E-state index contributed by atoms with van der Waals surface area (Å²) < 4.78 is 6.88. The molecule has 0 fully saturated rings. The highest BCUT2D eigenvalue weighted by Gasteiger charge is 2.16. The summed E-state index contributed by atoms with van der Waals surface area (Å²) in [6, 6.07) is 11.3. The average molecular weight is 365 g/mol. The number of benzene rings is 1. The molecule has 0 saturated heterocycles. The van der Waals surface area contributed by atoms with E-state index in [1.807, 2.05) is 38.1 Å². The Bertz CT molecular complexity index is 932. The molecule has 1 amide bonds. The van der Waals surface area contributed by atoms with Gasteiger partial charge in [0.05, 0.1) is 24.1 Å². The minimum absolute atomic E-state index is 0.210. The molecule has 7 nitrogen and oxygen atoms in total. The highest BCUT2D eigenvalue weighted by atomic mass is 16.5. The van der Waals surface area contributed by atoms with Gasteiger partial charge in [-0.2, -0.15) is 5.10 Å². The molecule has 2 aromatic heterocycles. The van der Waals surface area contributed by atoms with Gasteiger partial charge < -0.3 is 10.1 Å². The van der Waals surface area contributed by atoms with Gasteiger partial charge in [-0.3, -0.25) is 4.79 Å². The lowest BCUT2D eigenvalue weighted by Gasteiger charge is -2.09. The lowest BCUT2D eigenvalue weighted by molar-refractivity contribution is 0.102. The molecule has 0 unspecified atom stereocenters. The molecule has 0 spiro atoms. The summed E-state index contributed by atoms with van der Waals surface area (Å²) in [4.78, 5) is 12.7. The summed E-state index contributed by atoms with van der Waals surface area (Å²) in [6.07, 6.45) is 1.54. The average Bonchev–Trinajstić information content (AvgIpc) is 3.04. The second-order valence-corrected chi connectivity index (χ2v) is 6.45. The third-order valence-corrected chi connectivity index (χ3v) is 4.20. The lowest BCUT2D eigenvalue weighted by Crippen LogP contribution is -2.13. The van der Waals surface area contributed by atoms with E-state index in [0.717, 1.165) is 5.69 Å². The smallest absolute Gasteiger partial charge is 0.259 e. The minimum atomic E-state index is -0.210. The fourth-order valence-corrected chi connectivity index (χ4v) is 2.69. The van der Waals surface area contributed by atoms with Gasteiger partial charge >= 0.3 is 0 Å². The van der Waals surface area contributed by atoms with E-state index < -0.39 is 0 Å². The Morgan fingerprint density at radius 2 is 2.04 bits per heavy atom. The van der Waals surface area contributed by atoms with Gasteiger partial charge in [-0.25, -0.2) is 4.68 Å². The van der Waals surface area contributed by atoms with Gasteiger partial charge in [0.15, 0.2) is 5.82 Å². The first kappa shape index (κ1) is 18.6. The van der Waals surface area contributed by atoms with Crippen LogP contribution < -0.4 is 10.1 Å². The molecule has 1 N–H and O–H groups in total. The first-order chi connectivity index (χ1) is 13.0. The van der Waals surface area contributed by atoms with E-state index in [-0.39, 0.29) is 5.91 Å². The number of amides is 1. The maximum absolute atomic E-state index is 12.7. The number of ether oxygens (including phenoxy) is 1. The number of nitrogens with one attached hydrogen (secondary N) is 1. The summed E-state index contributed by atoms with van der Waals surface area (Å²) in [6.45, 7) is 8.47. The molecule has 0 radical (unpaired) electrons. The number of hydrogen-bond acceptors (Lipinski definition) is 5. The molecule has 7 heteroatoms. The standard InChI is InChI=1S/C20H23N5O2/c1-5-27-19-10-9-18(23-24-19)25-14(4)17(12-21-25)20(26)22-16-8-6-7-15(11-16)13(2)3/h6-13H,5H2,1-4H3,(H,22,26). The first-order valence-corrected chi connectivity index (χ1v) is 8.92. The number of aromatic nitrogens is 4. The van der Waals surface area contributed by atoms with Gasteiger partial charge in [-0.1, -0.05) is 26.0 Å². The van der Waals surface area contributed by atoms with Crippen LogP contribution in [-0.2, 0) is 0 Å². The lowest BCUT2D eigenvalue weighted by atomic mass is 10.0. The van der Waals surface area contributed by atoms with Gasteiger partial charge in [-0.05, 0) is 43.5 Å². The van der Waals surface area contributed by atoms with Crippen molar-refractivity contribution >= 4 is 11.6 Å². The quantitative estimate of drug-likeness (QED) is 0.719. The molecule has 0 aliphatic heterocycles. The summed E-state index contributed by atoms with van der Waals surface area (Å²) in [5, 5.41) is 15.3. The van der Waals surface area contributed by atoms with Crippen molar-refractivity contribution in [2.75, 3.05) is 11.9 Å². The number of carbonyl (C=O) groups is 1. The summed E-state index contributed by atoms with van der Waals surface area (Å²) in [5.41, 5.74) is 3.11. The van der Waals surface area contributed by atoms with E-state index >= 15 is 0 Å². The predicted molar refractivity (Wildman–Crippen MR) is 104 cm³/mol. The predicted octanol–water partition coefficient (Wildman–Crippen LogP) is 3.75. The van der Waals surface area contributed by atoms with E-state index in [2.05, 4.69) is 34.5 Å². The normalized spacial score (nSPS) is 10.9. The Hall–Kier alpha value is -3.22. The summed E-state index contributed by atoms with van der Waals surface area (Å²) in [7, 11) is 0. The van der Waals surface area contributed by atoms with Crippen LogP contribution >= 0.6 is 0 Å². The number of hydrogen-bond donors (Lipinski definition) is 1. The van der Waals surface area contributed by atoms with Crippen LogP contribution in [-0.4, -0.2) is 32.5 Å². The molecular formula is C20H23N5O2. The Kier molecular flexibility index (Phi) is 5.49. The Morgan fingerprint density at radius 3 is 2.70 bits per heavy atom. The first-order valence-electron chi connectivity index (χ1n) is 8.92. The van der Waals surface area contributed by atoms with Crippen molar-refractivity contribution < 1.29 is 9.53 Å². The van der Waals surface area contributed by atoms with Crippen LogP contribution in [0.25, 0.3) is 5.82 Å². The Balaban J connectivity index is 1.80. The monoisotopic (exact) mass is 365 g/mol. The molecule has 140 valence electrons. The van der Waals surface area contributed by atoms with Gasteiger partial charge in [-0.15, -0.1) is 10.2 Å². The van der Waals surface area contributed by atoms with Gasteiger partial charge in [0, 0.05) is 11.8 Å². The summed E-state index contributed by atoms with van der Waals surface area (Å²) in [5.74, 6) is 1.16. The largest absolute Gasteiger partial charge is 0.477 e. The summed E-state index contributed by atoms with van der Waals surface area (Å²) >= 11 is 0. The van der Waals surface area contributed by atoms with Crippen LogP contribution in [0.1, 0.15) is 48.3 Å². The van der Waals surface area contributed by atoms with Crippen LogP contribution in [0.5, 0.6) is 5.88 Å². The van der Waals surface area contributed by atoms with Crippen molar-refractivity contribution in [1.29, 1.82) is 0 Å². The molecule has 0 saturated carbocycles. The van der Waals surface area contributed by atoms with Crippen molar-refractivity contribution in [3.8, 4) is 11.7 Å². The topological polar surface area (TPSA) is 81.9 Å². The fraction of sp³-hybridized carbons (Fsp3) is 0.300. The molecule has 0 aliphatic carbocycles. The van der Waals surface area contributed by atoms with E-state index in [0.29, 0.717) is 35.5 Å². The highest BCUT2D eigenvalue weighted by Crippen LogP contribution is 2.20. The zero-order valence-corrected chi connectivity index (χ0v) is 15.9. The zero-order valence-electron chi connectivity index (χ0n) is 15.9. The molecule has 1 aromatic carbocycles. The van der Waals surface area contributed by atoms with Gasteiger partial charge in [0.2, 0.25) is 5.88 Å². The number of anilines is 1. The molecule has 3 aromatic rings. The molecule has 0 aliphatic rings. The molecule has 0 bridgehead atoms. The van der Waals surface area contributed by atoms with Crippen LogP contribution in [0.15, 0.2) is 42.6 Å². The number of rotatable bonds is 6.